The van der Waals surface area contributed by atoms with Gasteiger partial charge in [-0.2, -0.15) is 0 Å². The number of hydrogen-bond donors (Lipinski definition) is 0. The summed E-state index contributed by atoms with van der Waals surface area (Å²) in [5, 5.41) is 0.968. The minimum Gasteiger partial charge on any atom is -0.496 e. The molecule has 2 amide bonds. The van der Waals surface area contributed by atoms with Crippen molar-refractivity contribution < 1.29 is 14.3 Å². The van der Waals surface area contributed by atoms with E-state index in [4.69, 9.17) is 9.72 Å². The molecule has 2 aliphatic heterocycles. The van der Waals surface area contributed by atoms with Crippen LogP contribution in [0.25, 0.3) is 10.9 Å². The fraction of sp³-hybridized carbons (Fsp3) is 0.370. The van der Waals surface area contributed by atoms with Crippen LogP contribution in [0.5, 0.6) is 5.75 Å². The Balaban J connectivity index is 1.34. The summed E-state index contributed by atoms with van der Waals surface area (Å²) in [6, 6.07) is 15.4. The van der Waals surface area contributed by atoms with E-state index in [1.807, 2.05) is 59.2 Å². The molecular weight excluding hydrogens is 428 g/mol. The van der Waals surface area contributed by atoms with Crippen molar-refractivity contribution >= 4 is 28.5 Å². The number of fused-ring (bicyclic) bond motifs is 1. The van der Waals surface area contributed by atoms with Gasteiger partial charge in [0.15, 0.2) is 0 Å². The molecule has 0 N–H and O–H groups in total. The molecule has 2 saturated heterocycles. The maximum absolute atomic E-state index is 13.6. The highest BCUT2D eigenvalue weighted by atomic mass is 16.5. The summed E-state index contributed by atoms with van der Waals surface area (Å²) in [7, 11) is 1.61. The normalized spacial score (nSPS) is 16.2. The van der Waals surface area contributed by atoms with E-state index >= 15 is 0 Å². The van der Waals surface area contributed by atoms with Crippen molar-refractivity contribution in [3.05, 3.63) is 65.2 Å². The Hall–Kier alpha value is -3.61. The zero-order chi connectivity index (χ0) is 23.7. The van der Waals surface area contributed by atoms with E-state index in [9.17, 15) is 9.59 Å². The number of benzene rings is 2. The second-order valence-electron chi connectivity index (χ2n) is 9.02. The number of carbonyl (C=O) groups excluding carboxylic acids is 2. The third-order valence-corrected chi connectivity index (χ3v) is 6.85. The molecule has 0 atom stereocenters. The standard InChI is InChI=1S/C27H30N4O3/c1-19-9-10-21(18-24(19)34-2)26(32)30-13-15-31(16-14-30)27(33)22-17-20-7-3-4-8-23(20)28-25(22)29-11-5-6-12-29/h3-4,7-10,17-18H,5-6,11-16H2,1-2H3. The molecule has 2 aromatic carbocycles. The maximum Gasteiger partial charge on any atom is 0.257 e. The van der Waals surface area contributed by atoms with Gasteiger partial charge >= 0.3 is 0 Å². The molecule has 7 nitrogen and oxygen atoms in total. The van der Waals surface area contributed by atoms with Gasteiger partial charge in [0.25, 0.3) is 11.8 Å². The molecule has 34 heavy (non-hydrogen) atoms. The van der Waals surface area contributed by atoms with Crippen molar-refractivity contribution in [3.63, 3.8) is 0 Å². The summed E-state index contributed by atoms with van der Waals surface area (Å²) in [5.41, 5.74) is 3.16. The Morgan fingerprint density at radius 3 is 2.24 bits per heavy atom. The number of pyridine rings is 1. The first-order valence-corrected chi connectivity index (χ1v) is 11.9. The summed E-state index contributed by atoms with van der Waals surface area (Å²) in [6.45, 7) is 5.80. The topological polar surface area (TPSA) is 66.0 Å². The molecule has 0 unspecified atom stereocenters. The molecule has 2 aliphatic rings. The van der Waals surface area contributed by atoms with Crippen molar-refractivity contribution in [1.29, 1.82) is 0 Å². The Labute approximate surface area is 199 Å². The SMILES string of the molecule is COc1cc(C(=O)N2CCN(C(=O)c3cc4ccccc4nc3N3CCCC3)CC2)ccc1C. The van der Waals surface area contributed by atoms with Crippen molar-refractivity contribution in [2.45, 2.75) is 19.8 Å². The van der Waals surface area contributed by atoms with Gasteiger partial charge in [0.2, 0.25) is 0 Å². The Bertz CT molecular complexity index is 1230. The van der Waals surface area contributed by atoms with Gasteiger partial charge < -0.3 is 19.4 Å². The molecule has 1 aromatic heterocycles. The first-order chi connectivity index (χ1) is 16.5. The van der Waals surface area contributed by atoms with Gasteiger partial charge in [0, 0.05) is 50.2 Å². The minimum atomic E-state index is -0.0319. The van der Waals surface area contributed by atoms with Crippen LogP contribution in [0.4, 0.5) is 5.82 Å². The van der Waals surface area contributed by atoms with Gasteiger partial charge in [-0.1, -0.05) is 24.3 Å². The van der Waals surface area contributed by atoms with Crippen LogP contribution in [0.2, 0.25) is 0 Å². The van der Waals surface area contributed by atoms with Crippen molar-refractivity contribution in [1.82, 2.24) is 14.8 Å². The molecule has 2 fully saturated rings. The number of methoxy groups -OCH3 is 1. The van der Waals surface area contributed by atoms with Gasteiger partial charge in [-0.25, -0.2) is 4.98 Å². The number of anilines is 1. The minimum absolute atomic E-state index is 0.00995. The fourth-order valence-electron chi connectivity index (χ4n) is 4.85. The lowest BCUT2D eigenvalue weighted by Crippen LogP contribution is -2.50. The lowest BCUT2D eigenvalue weighted by Gasteiger charge is -2.35. The van der Waals surface area contributed by atoms with E-state index in [0.717, 1.165) is 48.2 Å². The van der Waals surface area contributed by atoms with E-state index in [1.165, 1.54) is 0 Å². The quantitative estimate of drug-likeness (QED) is 0.596. The molecular formula is C27H30N4O3. The number of amides is 2. The lowest BCUT2D eigenvalue weighted by atomic mass is 10.1. The van der Waals surface area contributed by atoms with Crippen LogP contribution in [0.3, 0.4) is 0 Å². The average Bonchev–Trinajstić information content (AvgIpc) is 3.42. The molecule has 0 bridgehead atoms. The molecule has 0 aliphatic carbocycles. The van der Waals surface area contributed by atoms with E-state index in [-0.39, 0.29) is 11.8 Å². The molecule has 3 heterocycles. The second-order valence-corrected chi connectivity index (χ2v) is 9.02. The highest BCUT2D eigenvalue weighted by molar-refractivity contribution is 6.02. The molecule has 176 valence electrons. The smallest absolute Gasteiger partial charge is 0.257 e. The number of para-hydroxylation sites is 1. The van der Waals surface area contributed by atoms with Gasteiger partial charge in [0.05, 0.1) is 18.2 Å². The van der Waals surface area contributed by atoms with E-state index in [0.29, 0.717) is 43.1 Å². The second kappa shape index (κ2) is 9.33. The predicted molar refractivity (Wildman–Crippen MR) is 133 cm³/mol. The Morgan fingerprint density at radius 1 is 0.853 bits per heavy atom. The largest absolute Gasteiger partial charge is 0.496 e. The average molecular weight is 459 g/mol. The van der Waals surface area contributed by atoms with Crippen molar-refractivity contribution in [2.24, 2.45) is 0 Å². The molecule has 0 saturated carbocycles. The monoisotopic (exact) mass is 458 g/mol. The van der Waals surface area contributed by atoms with Crippen LogP contribution in [0, 0.1) is 6.92 Å². The fourth-order valence-corrected chi connectivity index (χ4v) is 4.85. The van der Waals surface area contributed by atoms with Crippen molar-refractivity contribution in [2.75, 3.05) is 51.3 Å². The van der Waals surface area contributed by atoms with Crippen molar-refractivity contribution in [3.8, 4) is 5.75 Å². The lowest BCUT2D eigenvalue weighted by molar-refractivity contribution is 0.0535. The number of nitrogens with zero attached hydrogens (tertiary/aromatic N) is 4. The molecule has 0 spiro atoms. The summed E-state index contributed by atoms with van der Waals surface area (Å²) in [5.74, 6) is 1.45. The number of aromatic nitrogens is 1. The number of hydrogen-bond acceptors (Lipinski definition) is 5. The van der Waals surface area contributed by atoms with E-state index in [1.54, 1.807) is 13.2 Å². The van der Waals surface area contributed by atoms with Crippen LogP contribution in [0.15, 0.2) is 48.5 Å². The first kappa shape index (κ1) is 22.2. The number of piperazine rings is 1. The van der Waals surface area contributed by atoms with Crippen LogP contribution in [-0.4, -0.2) is 73.0 Å². The van der Waals surface area contributed by atoms with Crippen LogP contribution >= 0.6 is 0 Å². The third-order valence-electron chi connectivity index (χ3n) is 6.85. The zero-order valence-electron chi connectivity index (χ0n) is 19.8. The highest BCUT2D eigenvalue weighted by Crippen LogP contribution is 2.28. The number of ether oxygens (including phenoxy) is 1. The van der Waals surface area contributed by atoms with Crippen LogP contribution < -0.4 is 9.64 Å². The summed E-state index contributed by atoms with van der Waals surface area (Å²) in [6.07, 6.45) is 2.24. The number of rotatable bonds is 4. The predicted octanol–water partition coefficient (Wildman–Crippen LogP) is 3.75. The summed E-state index contributed by atoms with van der Waals surface area (Å²) >= 11 is 0. The van der Waals surface area contributed by atoms with Gasteiger partial charge in [-0.05, 0) is 49.6 Å². The highest BCUT2D eigenvalue weighted by Gasteiger charge is 2.29. The zero-order valence-corrected chi connectivity index (χ0v) is 19.8. The van der Waals surface area contributed by atoms with Gasteiger partial charge in [-0.15, -0.1) is 0 Å². The van der Waals surface area contributed by atoms with E-state index < -0.39 is 0 Å². The number of aryl methyl sites for hydroxylation is 1. The number of carbonyl (C=O) groups is 2. The van der Waals surface area contributed by atoms with Gasteiger partial charge in [0.1, 0.15) is 11.6 Å². The molecule has 0 radical (unpaired) electrons. The molecule has 5 rings (SSSR count). The van der Waals surface area contributed by atoms with E-state index in [2.05, 4.69) is 4.90 Å². The summed E-state index contributed by atoms with van der Waals surface area (Å²) < 4.78 is 5.37. The summed E-state index contributed by atoms with van der Waals surface area (Å²) in [4.78, 5) is 37.5. The van der Waals surface area contributed by atoms with Gasteiger partial charge in [-0.3, -0.25) is 9.59 Å². The molecule has 3 aromatic rings. The van der Waals surface area contributed by atoms with Crippen LogP contribution in [0.1, 0.15) is 39.1 Å². The molecule has 7 heteroatoms. The maximum atomic E-state index is 13.6. The Morgan fingerprint density at radius 2 is 1.53 bits per heavy atom. The Kier molecular flexibility index (Phi) is 6.09. The third kappa shape index (κ3) is 4.18. The first-order valence-electron chi connectivity index (χ1n) is 11.9. The van der Waals surface area contributed by atoms with Crippen LogP contribution in [-0.2, 0) is 0 Å².